The number of benzene rings is 5. The Bertz CT molecular complexity index is 2920. The molecule has 9 rings (SSSR count). The largest absolute Gasteiger partial charge is 0.484 e. The van der Waals surface area contributed by atoms with E-state index in [2.05, 4.69) is 66.3 Å². The molecule has 2 aliphatic heterocycles. The van der Waals surface area contributed by atoms with Crippen LogP contribution in [0.4, 0.5) is 0 Å². The third-order valence-electron chi connectivity index (χ3n) is 15.8. The van der Waals surface area contributed by atoms with Gasteiger partial charge in [0.25, 0.3) is 11.8 Å². The summed E-state index contributed by atoms with van der Waals surface area (Å²) in [6.07, 6.45) is 8.98. The van der Waals surface area contributed by atoms with Crippen LogP contribution in [-0.2, 0) is 61.3 Å². The molecule has 86 heavy (non-hydrogen) atoms. The van der Waals surface area contributed by atoms with Gasteiger partial charge in [0.15, 0.2) is 0 Å². The minimum absolute atomic E-state index is 0.101. The number of nitrogens with zero attached hydrogens (tertiary/aromatic N) is 2. The molecule has 0 spiro atoms. The summed E-state index contributed by atoms with van der Waals surface area (Å²) in [5.41, 5.74) is 5.68. The summed E-state index contributed by atoms with van der Waals surface area (Å²) in [6, 6.07) is 37.0. The van der Waals surface area contributed by atoms with Gasteiger partial charge in [-0.1, -0.05) is 67.4 Å². The molecule has 4 unspecified atom stereocenters. The zero-order valence-electron chi connectivity index (χ0n) is 49.1. The van der Waals surface area contributed by atoms with Crippen molar-refractivity contribution in [2.75, 3.05) is 132 Å². The number of piperidine rings is 2. The van der Waals surface area contributed by atoms with Crippen LogP contribution < -0.4 is 29.6 Å². The van der Waals surface area contributed by atoms with Gasteiger partial charge in [-0.05, 0) is 154 Å². The number of nitrogens with one attached hydrogen (secondary N) is 4. The van der Waals surface area contributed by atoms with Crippen LogP contribution in [-0.4, -0.2) is 182 Å². The molecule has 4 aliphatic rings. The standard InChI is InChI=1S/C64H84N6O14S2/c71-63(65-26-34-77-38-42-81-44-40-79-36-28-67-85(73,74)55-22-18-53(19-23-55)83-61-57-16-5-3-12-49(57)47-59(61)69-30-7-1-8-31-69)51-14-11-15-52(46-51)64(72)66-27-35-78-39-43-82-45-41-80-37-29-68-86(75,76)56-24-20-54(21-25-56)84-62-58-17-6-4-13-50(58)48-60(62)70-32-9-2-10-33-70/h3-6,11-25,46,59-62,67-68H,1-2,7-10,26-45,47-48H2,(H,65,71)(H,66,72). The van der Waals surface area contributed by atoms with E-state index in [1.165, 1.54) is 66.8 Å². The van der Waals surface area contributed by atoms with Gasteiger partial charge in [-0.2, -0.15) is 0 Å². The van der Waals surface area contributed by atoms with Crippen LogP contribution in [0.5, 0.6) is 11.5 Å². The van der Waals surface area contributed by atoms with E-state index in [9.17, 15) is 26.4 Å². The number of likely N-dealkylation sites (tertiary alicyclic amines) is 2. The van der Waals surface area contributed by atoms with E-state index in [1.807, 2.05) is 12.1 Å². The molecule has 0 saturated carbocycles. The van der Waals surface area contributed by atoms with Crippen LogP contribution >= 0.6 is 0 Å². The predicted molar refractivity (Wildman–Crippen MR) is 325 cm³/mol. The van der Waals surface area contributed by atoms with Crippen LogP contribution in [0, 0.1) is 0 Å². The number of hydrogen-bond acceptors (Lipinski definition) is 16. The molecule has 0 aromatic heterocycles. The molecule has 20 nitrogen and oxygen atoms in total. The molecule has 2 heterocycles. The average Bonchev–Trinajstić information content (AvgIpc) is 2.11. The second kappa shape index (κ2) is 33.5. The highest BCUT2D eigenvalue weighted by atomic mass is 32.2. The Morgan fingerprint density at radius 3 is 1.14 bits per heavy atom. The molecule has 2 fully saturated rings. The molecule has 466 valence electrons. The van der Waals surface area contributed by atoms with Gasteiger partial charge in [0, 0.05) is 37.3 Å². The fraction of sp³-hybridized carbons (Fsp3) is 0.500. The van der Waals surface area contributed by atoms with Crippen molar-refractivity contribution in [1.82, 2.24) is 29.9 Å². The van der Waals surface area contributed by atoms with Gasteiger partial charge >= 0.3 is 0 Å². The Morgan fingerprint density at radius 1 is 0.407 bits per heavy atom. The summed E-state index contributed by atoms with van der Waals surface area (Å²) in [5, 5.41) is 5.58. The number of ether oxygens (including phenoxy) is 8. The summed E-state index contributed by atoms with van der Waals surface area (Å²) in [7, 11) is -7.49. The summed E-state index contributed by atoms with van der Waals surface area (Å²) in [4.78, 5) is 31.0. The fourth-order valence-electron chi connectivity index (χ4n) is 11.4. The van der Waals surface area contributed by atoms with Crippen molar-refractivity contribution >= 4 is 31.9 Å². The van der Waals surface area contributed by atoms with E-state index in [-0.39, 0.29) is 112 Å². The smallest absolute Gasteiger partial charge is 0.251 e. The van der Waals surface area contributed by atoms with Gasteiger partial charge in [-0.3, -0.25) is 19.4 Å². The number of rotatable bonds is 36. The summed E-state index contributed by atoms with van der Waals surface area (Å²) < 4.78 is 104. The van der Waals surface area contributed by atoms with Gasteiger partial charge in [0.2, 0.25) is 20.0 Å². The first kappa shape index (κ1) is 64.6. The van der Waals surface area contributed by atoms with Crippen molar-refractivity contribution in [3.8, 4) is 11.5 Å². The van der Waals surface area contributed by atoms with Crippen molar-refractivity contribution in [1.29, 1.82) is 0 Å². The quantitative estimate of drug-likeness (QED) is 0.0324. The topological polar surface area (TPSA) is 231 Å². The van der Waals surface area contributed by atoms with Gasteiger partial charge in [0.05, 0.1) is 101 Å². The van der Waals surface area contributed by atoms with Gasteiger partial charge < -0.3 is 48.5 Å². The van der Waals surface area contributed by atoms with Crippen molar-refractivity contribution in [2.24, 2.45) is 0 Å². The molecule has 5 aromatic carbocycles. The second-order valence-electron chi connectivity index (χ2n) is 21.7. The summed E-state index contributed by atoms with van der Waals surface area (Å²) >= 11 is 0. The summed E-state index contributed by atoms with van der Waals surface area (Å²) in [5.74, 6) is 0.579. The third kappa shape index (κ3) is 19.1. The number of sulfonamides is 2. The second-order valence-corrected chi connectivity index (χ2v) is 25.2. The Morgan fingerprint density at radius 2 is 0.756 bits per heavy atom. The minimum atomic E-state index is -3.75. The van der Waals surface area contributed by atoms with E-state index in [0.29, 0.717) is 62.3 Å². The highest BCUT2D eigenvalue weighted by Crippen LogP contribution is 2.41. The van der Waals surface area contributed by atoms with E-state index < -0.39 is 20.0 Å². The minimum Gasteiger partial charge on any atom is -0.484 e. The van der Waals surface area contributed by atoms with Crippen molar-refractivity contribution in [2.45, 2.75) is 85.4 Å². The lowest BCUT2D eigenvalue weighted by Crippen LogP contribution is -2.43. The molecule has 2 aliphatic carbocycles. The predicted octanol–water partition coefficient (Wildman–Crippen LogP) is 6.26. The third-order valence-corrected chi connectivity index (χ3v) is 18.8. The molecular formula is C64H84N6O14S2. The Labute approximate surface area is 507 Å². The van der Waals surface area contributed by atoms with Crippen molar-refractivity contribution in [3.05, 3.63) is 155 Å². The lowest BCUT2D eigenvalue weighted by atomic mass is 10.0. The average molecular weight is 1230 g/mol. The van der Waals surface area contributed by atoms with Gasteiger partial charge in [-0.15, -0.1) is 0 Å². The first-order chi connectivity index (χ1) is 42.0. The maximum atomic E-state index is 13.0. The molecule has 22 heteroatoms. The van der Waals surface area contributed by atoms with Gasteiger partial charge in [-0.25, -0.2) is 26.3 Å². The zero-order valence-corrected chi connectivity index (χ0v) is 50.7. The highest BCUT2D eigenvalue weighted by molar-refractivity contribution is 7.89. The zero-order chi connectivity index (χ0) is 59.8. The number of fused-ring (bicyclic) bond motifs is 2. The van der Waals surface area contributed by atoms with Gasteiger partial charge in [0.1, 0.15) is 23.7 Å². The number of carbonyl (C=O) groups is 2. The van der Waals surface area contributed by atoms with E-state index in [0.717, 1.165) is 39.0 Å². The lowest BCUT2D eigenvalue weighted by molar-refractivity contribution is 0.0162. The molecular weight excluding hydrogens is 1140 g/mol. The normalized spacial score (nSPS) is 19.0. The number of amides is 2. The summed E-state index contributed by atoms with van der Waals surface area (Å²) in [6.45, 7) is 8.20. The Hall–Kier alpha value is -5.86. The van der Waals surface area contributed by atoms with Crippen LogP contribution in [0.3, 0.4) is 0 Å². The first-order valence-corrected chi connectivity index (χ1v) is 33.3. The van der Waals surface area contributed by atoms with E-state index >= 15 is 0 Å². The maximum Gasteiger partial charge on any atom is 0.251 e. The molecule has 0 radical (unpaired) electrons. The maximum absolute atomic E-state index is 13.0. The molecule has 2 amide bonds. The van der Waals surface area contributed by atoms with Crippen molar-refractivity contribution < 1.29 is 64.3 Å². The number of hydrogen-bond donors (Lipinski definition) is 4. The van der Waals surface area contributed by atoms with Crippen LogP contribution in [0.1, 0.15) is 93.7 Å². The Kier molecular flexibility index (Phi) is 25.2. The molecule has 4 atom stereocenters. The SMILES string of the molecule is O=C(NCCOCCOCCOCCNS(=O)(=O)c1ccc(OC2c3ccccc3CC2N2CCCCC2)cc1)c1cccc(C(=O)NCCOCCOCCOCCNS(=O)(=O)c2ccc(OC3c4ccccc4CC3N3CCCCC3)cc2)c1. The number of carbonyl (C=O) groups excluding carboxylic acids is 2. The van der Waals surface area contributed by atoms with E-state index in [4.69, 9.17) is 37.9 Å². The van der Waals surface area contributed by atoms with E-state index in [1.54, 1.807) is 66.7 Å². The van der Waals surface area contributed by atoms with Crippen LogP contribution in [0.15, 0.2) is 131 Å². The molecule has 0 bridgehead atoms. The van der Waals surface area contributed by atoms with Crippen LogP contribution in [0.2, 0.25) is 0 Å². The fourth-order valence-corrected chi connectivity index (χ4v) is 13.4. The molecule has 4 N–H and O–H groups in total. The highest BCUT2D eigenvalue weighted by Gasteiger charge is 2.40. The first-order valence-electron chi connectivity index (χ1n) is 30.3. The monoisotopic (exact) mass is 1220 g/mol. The Balaban J connectivity index is 0.540. The van der Waals surface area contributed by atoms with Crippen molar-refractivity contribution in [3.63, 3.8) is 0 Å². The lowest BCUT2D eigenvalue weighted by Gasteiger charge is -2.35. The van der Waals surface area contributed by atoms with Crippen LogP contribution in [0.25, 0.3) is 0 Å². The molecule has 5 aromatic rings. The molecule has 2 saturated heterocycles.